The van der Waals surface area contributed by atoms with Crippen LogP contribution in [0.15, 0.2) is 36.4 Å². The van der Waals surface area contributed by atoms with E-state index in [4.69, 9.17) is 0 Å². The van der Waals surface area contributed by atoms with Crippen LogP contribution in [-0.4, -0.2) is 5.78 Å². The summed E-state index contributed by atoms with van der Waals surface area (Å²) < 4.78 is 0. The standard InChI is InChI=1S/C14H18O/c1-4-6-14(15)13-8-5-7-12(10-13)9-11(2)3/h4-8,10-11H,9H2,1-3H3/b6-4+. The largest absolute Gasteiger partial charge is 0.289 e. The van der Waals surface area contributed by atoms with Crippen molar-refractivity contribution < 1.29 is 4.79 Å². The van der Waals surface area contributed by atoms with Gasteiger partial charge in [0.25, 0.3) is 0 Å². The number of rotatable bonds is 4. The quantitative estimate of drug-likeness (QED) is 0.538. The molecule has 0 spiro atoms. The molecule has 0 aromatic heterocycles. The minimum absolute atomic E-state index is 0.0862. The third-order valence-electron chi connectivity index (χ3n) is 2.17. The Labute approximate surface area is 91.8 Å². The average Bonchev–Trinajstić information content (AvgIpc) is 2.17. The van der Waals surface area contributed by atoms with Crippen molar-refractivity contribution >= 4 is 5.78 Å². The molecule has 0 aliphatic heterocycles. The van der Waals surface area contributed by atoms with Crippen molar-refractivity contribution in [2.75, 3.05) is 0 Å². The molecule has 0 saturated carbocycles. The highest BCUT2D eigenvalue weighted by Gasteiger charge is 2.03. The van der Waals surface area contributed by atoms with Gasteiger partial charge in [-0.2, -0.15) is 0 Å². The summed E-state index contributed by atoms with van der Waals surface area (Å²) >= 11 is 0. The first kappa shape index (κ1) is 11.7. The molecule has 0 aliphatic carbocycles. The first-order valence-corrected chi connectivity index (χ1v) is 5.39. The molecule has 0 radical (unpaired) electrons. The second kappa shape index (κ2) is 5.50. The number of carbonyl (C=O) groups is 1. The lowest BCUT2D eigenvalue weighted by Gasteiger charge is -2.05. The van der Waals surface area contributed by atoms with Crippen LogP contribution in [0.1, 0.15) is 36.7 Å². The third kappa shape index (κ3) is 3.70. The molecule has 15 heavy (non-hydrogen) atoms. The Hall–Kier alpha value is -1.37. The van der Waals surface area contributed by atoms with Crippen LogP contribution in [0.2, 0.25) is 0 Å². The van der Waals surface area contributed by atoms with E-state index in [0.717, 1.165) is 12.0 Å². The number of ketones is 1. The molecular weight excluding hydrogens is 184 g/mol. The molecule has 1 nitrogen and oxygen atoms in total. The molecule has 1 heteroatoms. The molecule has 0 aliphatic rings. The average molecular weight is 202 g/mol. The van der Waals surface area contributed by atoms with E-state index in [9.17, 15) is 4.79 Å². The van der Waals surface area contributed by atoms with Crippen LogP contribution in [0.25, 0.3) is 0 Å². The highest BCUT2D eigenvalue weighted by molar-refractivity contribution is 6.04. The maximum atomic E-state index is 11.6. The summed E-state index contributed by atoms with van der Waals surface area (Å²) in [5.74, 6) is 0.708. The van der Waals surface area contributed by atoms with E-state index in [0.29, 0.717) is 5.92 Å². The van der Waals surface area contributed by atoms with Crippen LogP contribution in [0, 0.1) is 5.92 Å². The number of benzene rings is 1. The van der Waals surface area contributed by atoms with Gasteiger partial charge in [0, 0.05) is 5.56 Å². The van der Waals surface area contributed by atoms with E-state index in [1.807, 2.05) is 25.1 Å². The van der Waals surface area contributed by atoms with Crippen LogP contribution >= 0.6 is 0 Å². The lowest BCUT2D eigenvalue weighted by atomic mass is 9.99. The minimum Gasteiger partial charge on any atom is -0.289 e. The Kier molecular flexibility index (Phi) is 4.29. The molecule has 0 unspecified atom stereocenters. The van der Waals surface area contributed by atoms with E-state index in [1.54, 1.807) is 12.2 Å². The predicted octanol–water partition coefficient (Wildman–Crippen LogP) is 3.64. The molecule has 0 bridgehead atoms. The van der Waals surface area contributed by atoms with E-state index < -0.39 is 0 Å². The van der Waals surface area contributed by atoms with Crippen molar-refractivity contribution in [3.05, 3.63) is 47.5 Å². The van der Waals surface area contributed by atoms with Crippen molar-refractivity contribution in [2.24, 2.45) is 5.92 Å². The van der Waals surface area contributed by atoms with Crippen LogP contribution in [0.5, 0.6) is 0 Å². The van der Waals surface area contributed by atoms with Crippen molar-refractivity contribution in [1.82, 2.24) is 0 Å². The number of carbonyl (C=O) groups excluding carboxylic acids is 1. The van der Waals surface area contributed by atoms with Gasteiger partial charge in [-0.05, 0) is 37.0 Å². The van der Waals surface area contributed by atoms with Crippen molar-refractivity contribution in [3.63, 3.8) is 0 Å². The fraction of sp³-hybridized carbons (Fsp3) is 0.357. The van der Waals surface area contributed by atoms with E-state index in [1.165, 1.54) is 5.56 Å². The van der Waals surface area contributed by atoms with Gasteiger partial charge in [0.2, 0.25) is 0 Å². The van der Waals surface area contributed by atoms with Crippen molar-refractivity contribution in [1.29, 1.82) is 0 Å². The lowest BCUT2D eigenvalue weighted by Crippen LogP contribution is -1.98. The molecule has 1 aromatic rings. The Morgan fingerprint density at radius 1 is 1.40 bits per heavy atom. The zero-order valence-electron chi connectivity index (χ0n) is 9.66. The molecule has 0 fully saturated rings. The Morgan fingerprint density at radius 3 is 2.73 bits per heavy atom. The minimum atomic E-state index is 0.0862. The smallest absolute Gasteiger partial charge is 0.185 e. The molecule has 0 N–H and O–H groups in total. The SMILES string of the molecule is C/C=C/C(=O)c1cccc(CC(C)C)c1. The van der Waals surface area contributed by atoms with Gasteiger partial charge in [0.15, 0.2) is 5.78 Å². The number of allylic oxidation sites excluding steroid dienone is 2. The summed E-state index contributed by atoms with van der Waals surface area (Å²) in [6.45, 7) is 6.22. The van der Waals surface area contributed by atoms with Gasteiger partial charge in [-0.15, -0.1) is 0 Å². The third-order valence-corrected chi connectivity index (χ3v) is 2.17. The summed E-state index contributed by atoms with van der Waals surface area (Å²) in [5, 5.41) is 0. The van der Waals surface area contributed by atoms with Gasteiger partial charge in [0.1, 0.15) is 0 Å². The maximum Gasteiger partial charge on any atom is 0.185 e. The van der Waals surface area contributed by atoms with E-state index >= 15 is 0 Å². The van der Waals surface area contributed by atoms with Gasteiger partial charge < -0.3 is 0 Å². The maximum absolute atomic E-state index is 11.6. The zero-order valence-corrected chi connectivity index (χ0v) is 9.66. The van der Waals surface area contributed by atoms with Crippen molar-refractivity contribution in [3.8, 4) is 0 Å². The van der Waals surface area contributed by atoms with Crippen LogP contribution < -0.4 is 0 Å². The summed E-state index contributed by atoms with van der Waals surface area (Å²) in [4.78, 5) is 11.6. The van der Waals surface area contributed by atoms with Gasteiger partial charge in [-0.1, -0.05) is 38.1 Å². The van der Waals surface area contributed by atoms with E-state index in [-0.39, 0.29) is 5.78 Å². The molecule has 1 aromatic carbocycles. The first-order valence-electron chi connectivity index (χ1n) is 5.39. The topological polar surface area (TPSA) is 17.1 Å². The van der Waals surface area contributed by atoms with Crippen LogP contribution in [-0.2, 0) is 6.42 Å². The summed E-state index contributed by atoms with van der Waals surface area (Å²) in [6.07, 6.45) is 4.41. The van der Waals surface area contributed by atoms with Crippen LogP contribution in [0.3, 0.4) is 0 Å². The molecule has 0 heterocycles. The predicted molar refractivity (Wildman–Crippen MR) is 64.1 cm³/mol. The number of hydrogen-bond acceptors (Lipinski definition) is 1. The summed E-state index contributed by atoms with van der Waals surface area (Å²) in [7, 11) is 0. The molecule has 0 saturated heterocycles. The van der Waals surface area contributed by atoms with Crippen molar-refractivity contribution in [2.45, 2.75) is 27.2 Å². The zero-order chi connectivity index (χ0) is 11.3. The molecule has 0 amide bonds. The van der Waals surface area contributed by atoms with Gasteiger partial charge in [-0.3, -0.25) is 4.79 Å². The second-order valence-electron chi connectivity index (χ2n) is 4.16. The first-order chi connectivity index (χ1) is 7.13. The molecule has 0 atom stereocenters. The molecule has 80 valence electrons. The monoisotopic (exact) mass is 202 g/mol. The summed E-state index contributed by atoms with van der Waals surface area (Å²) in [5.41, 5.74) is 2.02. The Morgan fingerprint density at radius 2 is 2.13 bits per heavy atom. The fourth-order valence-corrected chi connectivity index (χ4v) is 1.57. The number of hydrogen-bond donors (Lipinski definition) is 0. The van der Waals surface area contributed by atoms with Gasteiger partial charge in [0.05, 0.1) is 0 Å². The second-order valence-corrected chi connectivity index (χ2v) is 4.16. The van der Waals surface area contributed by atoms with Crippen LogP contribution in [0.4, 0.5) is 0 Å². The Balaban J connectivity index is 2.87. The Bertz CT molecular complexity index is 361. The summed E-state index contributed by atoms with van der Waals surface area (Å²) in [6, 6.07) is 7.88. The normalized spacial score (nSPS) is 11.2. The highest BCUT2D eigenvalue weighted by atomic mass is 16.1. The van der Waals surface area contributed by atoms with E-state index in [2.05, 4.69) is 19.9 Å². The molecule has 1 rings (SSSR count). The highest BCUT2D eigenvalue weighted by Crippen LogP contribution is 2.11. The van der Waals surface area contributed by atoms with Gasteiger partial charge in [-0.25, -0.2) is 0 Å². The molecular formula is C14H18O. The lowest BCUT2D eigenvalue weighted by molar-refractivity contribution is 0.104. The fourth-order valence-electron chi connectivity index (χ4n) is 1.57. The van der Waals surface area contributed by atoms with Gasteiger partial charge >= 0.3 is 0 Å².